The van der Waals surface area contributed by atoms with Crippen LogP contribution in [0.2, 0.25) is 0 Å². The van der Waals surface area contributed by atoms with Crippen LogP contribution in [0.1, 0.15) is 27.2 Å². The van der Waals surface area contributed by atoms with Crippen molar-refractivity contribution in [1.29, 1.82) is 0 Å². The van der Waals surface area contributed by atoms with E-state index in [4.69, 9.17) is 13.8 Å². The zero-order valence-corrected chi connectivity index (χ0v) is 12.1. The first-order chi connectivity index (χ1) is 8.18. The fourth-order valence-corrected chi connectivity index (χ4v) is 2.90. The molecule has 6 heteroatoms. The molecule has 0 saturated heterocycles. The van der Waals surface area contributed by atoms with E-state index in [1.807, 2.05) is 20.8 Å². The minimum absolute atomic E-state index is 0.418. The van der Waals surface area contributed by atoms with Crippen molar-refractivity contribution in [3.05, 3.63) is 0 Å². The smallest absolute Gasteiger partial charge is 0.331 e. The first kappa shape index (κ1) is 17.1. The molecule has 0 aliphatic heterocycles. The molecule has 0 aliphatic carbocycles. The highest BCUT2D eigenvalue weighted by atomic mass is 31.2. The number of hydrogen-bond acceptors (Lipinski definition) is 5. The minimum atomic E-state index is -2.87. The number of rotatable bonds is 12. The normalized spacial score (nSPS) is 11.9. The van der Waals surface area contributed by atoms with Crippen LogP contribution >= 0.6 is 7.60 Å². The lowest BCUT2D eigenvalue weighted by Gasteiger charge is -2.17. The Morgan fingerprint density at radius 2 is 1.65 bits per heavy atom. The van der Waals surface area contributed by atoms with Gasteiger partial charge in [0.05, 0.1) is 19.4 Å². The van der Waals surface area contributed by atoms with Gasteiger partial charge in [0.2, 0.25) is 0 Å². The zero-order chi connectivity index (χ0) is 13.0. The Morgan fingerprint density at radius 3 is 2.18 bits per heavy atom. The highest BCUT2D eigenvalue weighted by molar-refractivity contribution is 7.53. The average Bonchev–Trinajstić information content (AvgIpc) is 2.28. The molecule has 0 atom stereocenters. The molecule has 0 radical (unpaired) electrons. The van der Waals surface area contributed by atoms with Crippen LogP contribution in [0.25, 0.3) is 0 Å². The molecule has 104 valence electrons. The van der Waals surface area contributed by atoms with E-state index >= 15 is 0 Å². The molecular weight excluding hydrogens is 241 g/mol. The van der Waals surface area contributed by atoms with Crippen LogP contribution in [-0.2, 0) is 18.3 Å². The fraction of sp³-hybridized carbons (Fsp3) is 1.00. The average molecular weight is 267 g/mol. The van der Waals surface area contributed by atoms with Gasteiger partial charge in [-0.1, -0.05) is 0 Å². The van der Waals surface area contributed by atoms with E-state index in [-0.39, 0.29) is 0 Å². The first-order valence-corrected chi connectivity index (χ1v) is 8.07. The lowest BCUT2D eigenvalue weighted by atomic mass is 10.4. The molecule has 0 saturated carbocycles. The summed E-state index contributed by atoms with van der Waals surface area (Å²) < 4.78 is 27.6. The molecule has 0 unspecified atom stereocenters. The van der Waals surface area contributed by atoms with E-state index in [0.29, 0.717) is 25.9 Å². The Balaban J connectivity index is 3.58. The number of hydrogen-bond donors (Lipinski definition) is 1. The van der Waals surface area contributed by atoms with Crippen molar-refractivity contribution < 1.29 is 18.3 Å². The second-order valence-electron chi connectivity index (χ2n) is 3.47. The van der Waals surface area contributed by atoms with Crippen LogP contribution in [0.3, 0.4) is 0 Å². The van der Waals surface area contributed by atoms with Gasteiger partial charge in [-0.2, -0.15) is 0 Å². The van der Waals surface area contributed by atoms with Crippen LogP contribution in [0.4, 0.5) is 0 Å². The molecule has 5 nitrogen and oxygen atoms in total. The summed E-state index contributed by atoms with van der Waals surface area (Å²) >= 11 is 0. The van der Waals surface area contributed by atoms with Crippen LogP contribution in [0, 0.1) is 0 Å². The number of ether oxygens (including phenoxy) is 1. The van der Waals surface area contributed by atoms with Gasteiger partial charge < -0.3 is 19.1 Å². The van der Waals surface area contributed by atoms with Crippen LogP contribution in [-0.4, -0.2) is 45.7 Å². The van der Waals surface area contributed by atoms with Gasteiger partial charge in [-0.3, -0.25) is 4.57 Å². The van der Waals surface area contributed by atoms with Crippen molar-refractivity contribution in [3.8, 4) is 0 Å². The van der Waals surface area contributed by atoms with Gasteiger partial charge in [-0.05, 0) is 33.7 Å². The van der Waals surface area contributed by atoms with E-state index in [0.717, 1.165) is 26.2 Å². The van der Waals surface area contributed by atoms with Crippen LogP contribution in [0.15, 0.2) is 0 Å². The summed E-state index contributed by atoms with van der Waals surface area (Å²) in [6, 6.07) is 0. The first-order valence-electron chi connectivity index (χ1n) is 6.35. The minimum Gasteiger partial charge on any atom is -0.382 e. The molecule has 0 fully saturated rings. The Hall–Kier alpha value is 0.0700. The SMILES string of the molecule is CCOCCCNCCP(=O)(OCC)OCC. The quantitative estimate of drug-likeness (QED) is 0.434. The van der Waals surface area contributed by atoms with Crippen molar-refractivity contribution in [1.82, 2.24) is 5.32 Å². The molecule has 0 bridgehead atoms. The molecule has 17 heavy (non-hydrogen) atoms. The molecule has 1 N–H and O–H groups in total. The van der Waals surface area contributed by atoms with E-state index in [9.17, 15) is 4.57 Å². The topological polar surface area (TPSA) is 56.8 Å². The predicted molar refractivity (Wildman–Crippen MR) is 69.7 cm³/mol. The maximum atomic E-state index is 12.0. The van der Waals surface area contributed by atoms with Gasteiger partial charge in [0, 0.05) is 19.8 Å². The molecule has 0 amide bonds. The summed E-state index contributed by atoms with van der Waals surface area (Å²) in [7, 11) is -2.87. The maximum absolute atomic E-state index is 12.0. The lowest BCUT2D eigenvalue weighted by Crippen LogP contribution is -2.21. The lowest BCUT2D eigenvalue weighted by molar-refractivity contribution is 0.145. The van der Waals surface area contributed by atoms with Gasteiger partial charge in [-0.15, -0.1) is 0 Å². The molecule has 0 aromatic carbocycles. The summed E-state index contributed by atoms with van der Waals surface area (Å²) in [4.78, 5) is 0. The molecule has 0 aromatic heterocycles. The highest BCUT2D eigenvalue weighted by Gasteiger charge is 2.22. The molecule has 0 heterocycles. The monoisotopic (exact) mass is 267 g/mol. The molecule has 0 aliphatic rings. The molecule has 0 spiro atoms. The summed E-state index contributed by atoms with van der Waals surface area (Å²) in [5, 5.41) is 3.20. The van der Waals surface area contributed by atoms with Gasteiger partial charge in [-0.25, -0.2) is 0 Å². The summed E-state index contributed by atoms with van der Waals surface area (Å²) in [6.07, 6.45) is 1.38. The van der Waals surface area contributed by atoms with Gasteiger partial charge in [0.1, 0.15) is 0 Å². The fourth-order valence-electron chi connectivity index (χ4n) is 1.34. The summed E-state index contributed by atoms with van der Waals surface area (Å²) in [5.74, 6) is 0. The van der Waals surface area contributed by atoms with Gasteiger partial charge in [0.15, 0.2) is 0 Å². The van der Waals surface area contributed by atoms with E-state index < -0.39 is 7.60 Å². The maximum Gasteiger partial charge on any atom is 0.331 e. The van der Waals surface area contributed by atoms with E-state index in [1.165, 1.54) is 0 Å². The van der Waals surface area contributed by atoms with E-state index in [1.54, 1.807) is 0 Å². The van der Waals surface area contributed by atoms with Crippen molar-refractivity contribution in [3.63, 3.8) is 0 Å². The standard InChI is InChI=1S/C11H26NO4P/c1-4-14-10-7-8-12-9-11-17(13,15-5-2)16-6-3/h12H,4-11H2,1-3H3. The van der Waals surface area contributed by atoms with E-state index in [2.05, 4.69) is 5.32 Å². The van der Waals surface area contributed by atoms with Crippen molar-refractivity contribution in [2.75, 3.05) is 45.7 Å². The Labute approximate surface area is 105 Å². The molecule has 0 aromatic rings. The summed E-state index contributed by atoms with van der Waals surface area (Å²) in [5.41, 5.74) is 0. The second kappa shape index (κ2) is 11.2. The Kier molecular flexibility index (Phi) is 11.2. The van der Waals surface area contributed by atoms with Crippen molar-refractivity contribution in [2.24, 2.45) is 0 Å². The Morgan fingerprint density at radius 1 is 1.00 bits per heavy atom. The van der Waals surface area contributed by atoms with Crippen LogP contribution < -0.4 is 5.32 Å². The highest BCUT2D eigenvalue weighted by Crippen LogP contribution is 2.47. The predicted octanol–water partition coefficient (Wildman–Crippen LogP) is 2.27. The van der Waals surface area contributed by atoms with Gasteiger partial charge >= 0.3 is 7.60 Å². The van der Waals surface area contributed by atoms with Crippen molar-refractivity contribution in [2.45, 2.75) is 27.2 Å². The largest absolute Gasteiger partial charge is 0.382 e. The third-order valence-electron chi connectivity index (χ3n) is 2.06. The van der Waals surface area contributed by atoms with Crippen molar-refractivity contribution >= 4 is 7.60 Å². The Bertz CT molecular complexity index is 204. The van der Waals surface area contributed by atoms with Gasteiger partial charge in [0.25, 0.3) is 0 Å². The second-order valence-corrected chi connectivity index (χ2v) is 5.66. The number of nitrogens with one attached hydrogen (secondary N) is 1. The zero-order valence-electron chi connectivity index (χ0n) is 11.2. The van der Waals surface area contributed by atoms with Crippen LogP contribution in [0.5, 0.6) is 0 Å². The summed E-state index contributed by atoms with van der Waals surface area (Å²) in [6.45, 7) is 9.48. The third kappa shape index (κ3) is 9.74. The molecule has 0 rings (SSSR count). The molecular formula is C11H26NO4P. The third-order valence-corrected chi connectivity index (χ3v) is 4.13.